The molecule has 1 aliphatic heterocycles. The number of carbonyl (C=O) groups excluding carboxylic acids is 4. The SMILES string of the molecule is CCS(=O)(=O)CC1(NC(=O)N[C@H](CN2C[C@H](C(C)C)C[C@H]2C(=O)NC(CC2CC2)C(=O)C(=O)NC)C(C)(C)C)CCCCC1. The second kappa shape index (κ2) is 14.9. The summed E-state index contributed by atoms with van der Waals surface area (Å²) in [5.74, 6) is -0.693. The molecule has 4 atom stereocenters. The quantitative estimate of drug-likeness (QED) is 0.213. The van der Waals surface area contributed by atoms with E-state index in [0.717, 1.165) is 32.1 Å². The molecule has 3 fully saturated rings. The number of sulfone groups is 1. The zero-order valence-electron chi connectivity index (χ0n) is 28.0. The maximum absolute atomic E-state index is 13.8. The first-order valence-corrected chi connectivity index (χ1v) is 18.4. The predicted octanol–water partition coefficient (Wildman–Crippen LogP) is 2.78. The molecule has 44 heavy (non-hydrogen) atoms. The summed E-state index contributed by atoms with van der Waals surface area (Å²) in [4.78, 5) is 54.4. The van der Waals surface area contributed by atoms with E-state index in [1.165, 1.54) is 7.05 Å². The van der Waals surface area contributed by atoms with Crippen molar-refractivity contribution in [3.05, 3.63) is 0 Å². The van der Waals surface area contributed by atoms with E-state index in [9.17, 15) is 27.6 Å². The lowest BCUT2D eigenvalue weighted by Crippen LogP contribution is -2.61. The second-order valence-corrected chi connectivity index (χ2v) is 17.3. The van der Waals surface area contributed by atoms with Gasteiger partial charge in [0.25, 0.3) is 5.91 Å². The smallest absolute Gasteiger partial charge is 0.315 e. The molecule has 3 rings (SSSR count). The van der Waals surface area contributed by atoms with E-state index in [0.29, 0.717) is 50.6 Å². The van der Waals surface area contributed by atoms with E-state index in [4.69, 9.17) is 0 Å². The Hall–Kier alpha value is -2.21. The third-order valence-electron chi connectivity index (χ3n) is 9.92. The van der Waals surface area contributed by atoms with Crippen molar-refractivity contribution < 1.29 is 27.6 Å². The zero-order valence-corrected chi connectivity index (χ0v) is 28.8. The first-order valence-electron chi connectivity index (χ1n) is 16.6. The van der Waals surface area contributed by atoms with Crippen molar-refractivity contribution in [2.45, 2.75) is 123 Å². The summed E-state index contributed by atoms with van der Waals surface area (Å²) in [5.41, 5.74) is -1.15. The van der Waals surface area contributed by atoms with Gasteiger partial charge in [-0.15, -0.1) is 0 Å². The molecule has 11 nitrogen and oxygen atoms in total. The number of nitrogens with one attached hydrogen (secondary N) is 4. The number of nitrogens with zero attached hydrogens (tertiary/aromatic N) is 1. The van der Waals surface area contributed by atoms with Crippen molar-refractivity contribution in [1.82, 2.24) is 26.2 Å². The molecule has 0 spiro atoms. The highest BCUT2D eigenvalue weighted by atomic mass is 32.2. The minimum absolute atomic E-state index is 0.0360. The Kier molecular flexibility index (Phi) is 12.3. The molecule has 0 aromatic heterocycles. The Morgan fingerprint density at radius 1 is 1.00 bits per heavy atom. The summed E-state index contributed by atoms with van der Waals surface area (Å²) in [6, 6.07) is -2.10. The lowest BCUT2D eigenvalue weighted by molar-refractivity contribution is -0.140. The van der Waals surface area contributed by atoms with Crippen molar-refractivity contribution in [3.8, 4) is 0 Å². The van der Waals surface area contributed by atoms with Crippen molar-refractivity contribution >= 4 is 33.5 Å². The lowest BCUT2D eigenvalue weighted by Gasteiger charge is -2.40. The molecule has 1 saturated heterocycles. The van der Waals surface area contributed by atoms with Crippen LogP contribution in [0.2, 0.25) is 0 Å². The Balaban J connectivity index is 1.77. The summed E-state index contributed by atoms with van der Waals surface area (Å²) in [6.45, 7) is 13.1. The summed E-state index contributed by atoms with van der Waals surface area (Å²) in [7, 11) is -1.89. The van der Waals surface area contributed by atoms with Crippen LogP contribution in [0.25, 0.3) is 0 Å². The minimum atomic E-state index is -3.30. The van der Waals surface area contributed by atoms with Gasteiger partial charge < -0.3 is 21.3 Å². The van der Waals surface area contributed by atoms with Gasteiger partial charge in [0.2, 0.25) is 11.7 Å². The van der Waals surface area contributed by atoms with Gasteiger partial charge in [-0.25, -0.2) is 13.2 Å². The summed E-state index contributed by atoms with van der Waals surface area (Å²) in [6.07, 6.45) is 7.07. The Labute approximate surface area is 264 Å². The van der Waals surface area contributed by atoms with Crippen molar-refractivity contribution in [2.24, 2.45) is 23.2 Å². The van der Waals surface area contributed by atoms with Crippen LogP contribution in [0, 0.1) is 23.2 Å². The number of likely N-dealkylation sites (N-methyl/N-ethyl adjacent to an activating group) is 1. The second-order valence-electron chi connectivity index (χ2n) is 14.9. The standard InChI is InChI=1S/C32H57N5O6S/c1-8-44(42,43)20-32(14-10-9-11-15-32)36-30(41)35-26(31(4,5)6)19-37-18-23(21(2)3)17-25(37)28(39)34-24(16-22-12-13-22)27(38)29(40)33-7/h21-26H,8-20H2,1-7H3,(H,33,40)(H,34,39)(H2,35,36,41)/t23-,24?,25+,26-/m1/s1. The number of ketones is 1. The topological polar surface area (TPSA) is 154 Å². The van der Waals surface area contributed by atoms with Crippen LogP contribution in [-0.4, -0.2) is 92.3 Å². The van der Waals surface area contributed by atoms with Crippen LogP contribution < -0.4 is 21.3 Å². The normalized spacial score (nSPS) is 23.9. The van der Waals surface area contributed by atoms with Crippen LogP contribution in [-0.2, 0) is 24.2 Å². The van der Waals surface area contributed by atoms with Crippen LogP contribution in [0.1, 0.15) is 99.3 Å². The highest BCUT2D eigenvalue weighted by molar-refractivity contribution is 7.91. The van der Waals surface area contributed by atoms with Crippen LogP contribution in [0.3, 0.4) is 0 Å². The number of likely N-dealkylation sites (tertiary alicyclic amines) is 1. The van der Waals surface area contributed by atoms with Gasteiger partial charge >= 0.3 is 6.03 Å². The van der Waals surface area contributed by atoms with Gasteiger partial charge in [0, 0.05) is 31.9 Å². The molecule has 0 radical (unpaired) electrons. The molecule has 0 aromatic rings. The summed E-state index contributed by atoms with van der Waals surface area (Å²) in [5, 5.41) is 11.6. The van der Waals surface area contributed by atoms with E-state index in [-0.39, 0.29) is 40.8 Å². The Bertz CT molecular complexity index is 1140. The highest BCUT2D eigenvalue weighted by Gasteiger charge is 2.43. The first-order chi connectivity index (χ1) is 20.5. The zero-order chi connectivity index (χ0) is 32.9. The molecule has 3 aliphatic rings. The van der Waals surface area contributed by atoms with Crippen molar-refractivity contribution in [2.75, 3.05) is 31.6 Å². The molecule has 4 amide bonds. The van der Waals surface area contributed by atoms with Gasteiger partial charge in [0.15, 0.2) is 9.84 Å². The third kappa shape index (κ3) is 10.2. The largest absolute Gasteiger partial charge is 0.353 e. The highest BCUT2D eigenvalue weighted by Crippen LogP contribution is 2.35. The number of Topliss-reactive ketones (excluding diaryl/α,β-unsaturated/α-hetero) is 1. The van der Waals surface area contributed by atoms with Crippen LogP contribution in [0.5, 0.6) is 0 Å². The van der Waals surface area contributed by atoms with E-state index >= 15 is 0 Å². The number of rotatable bonds is 14. The number of urea groups is 1. The van der Waals surface area contributed by atoms with Gasteiger partial charge in [0.1, 0.15) is 0 Å². The van der Waals surface area contributed by atoms with E-state index in [1.54, 1.807) is 6.92 Å². The lowest BCUT2D eigenvalue weighted by atomic mass is 9.83. The fourth-order valence-corrected chi connectivity index (χ4v) is 8.03. The van der Waals surface area contributed by atoms with Crippen molar-refractivity contribution in [3.63, 3.8) is 0 Å². The molecule has 2 saturated carbocycles. The monoisotopic (exact) mass is 639 g/mol. The fourth-order valence-electron chi connectivity index (χ4n) is 6.63. The maximum atomic E-state index is 13.8. The molecule has 1 heterocycles. The number of hydrogen-bond acceptors (Lipinski definition) is 7. The average Bonchev–Trinajstić information content (AvgIpc) is 3.66. The number of hydrogen-bond donors (Lipinski definition) is 4. The summed E-state index contributed by atoms with van der Waals surface area (Å²) >= 11 is 0. The molecule has 12 heteroatoms. The van der Waals surface area contributed by atoms with Gasteiger partial charge in [-0.1, -0.05) is 73.6 Å². The molecular formula is C32H57N5O6S. The molecule has 0 aromatic carbocycles. The van der Waals surface area contributed by atoms with Crippen LogP contribution in [0.15, 0.2) is 0 Å². The van der Waals surface area contributed by atoms with Gasteiger partial charge in [-0.05, 0) is 48.9 Å². The minimum Gasteiger partial charge on any atom is -0.353 e. The first kappa shape index (κ1) is 36.3. The number of amides is 4. The average molecular weight is 640 g/mol. The third-order valence-corrected chi connectivity index (χ3v) is 11.8. The predicted molar refractivity (Wildman–Crippen MR) is 172 cm³/mol. The van der Waals surface area contributed by atoms with Crippen molar-refractivity contribution in [1.29, 1.82) is 0 Å². The number of carbonyl (C=O) groups is 4. The molecule has 4 N–H and O–H groups in total. The van der Waals surface area contributed by atoms with Gasteiger partial charge in [0.05, 0.1) is 23.4 Å². The van der Waals surface area contributed by atoms with Crippen LogP contribution in [0.4, 0.5) is 4.79 Å². The van der Waals surface area contributed by atoms with Crippen LogP contribution >= 0.6 is 0 Å². The van der Waals surface area contributed by atoms with E-state index in [1.807, 2.05) is 20.8 Å². The van der Waals surface area contributed by atoms with Gasteiger partial charge in [-0.2, -0.15) is 0 Å². The Morgan fingerprint density at radius 2 is 1.64 bits per heavy atom. The molecular weight excluding hydrogens is 582 g/mol. The van der Waals surface area contributed by atoms with E-state index in [2.05, 4.69) is 40.0 Å². The molecule has 252 valence electrons. The maximum Gasteiger partial charge on any atom is 0.315 e. The molecule has 1 unspecified atom stereocenters. The Morgan fingerprint density at radius 3 is 2.16 bits per heavy atom. The molecule has 0 bridgehead atoms. The molecule has 2 aliphatic carbocycles. The fraction of sp³-hybridized carbons (Fsp3) is 0.875. The van der Waals surface area contributed by atoms with E-state index < -0.39 is 39.2 Å². The summed E-state index contributed by atoms with van der Waals surface area (Å²) < 4.78 is 25.3. The van der Waals surface area contributed by atoms with Gasteiger partial charge in [-0.3, -0.25) is 19.3 Å².